The van der Waals surface area contributed by atoms with Crippen molar-refractivity contribution in [1.82, 2.24) is 25.1 Å². The molecule has 1 fully saturated rings. The van der Waals surface area contributed by atoms with Gasteiger partial charge in [-0.15, -0.1) is 0 Å². The van der Waals surface area contributed by atoms with E-state index in [1.807, 2.05) is 48.1 Å². The zero-order chi connectivity index (χ0) is 21.0. The molecule has 30 heavy (non-hydrogen) atoms. The summed E-state index contributed by atoms with van der Waals surface area (Å²) in [5.41, 5.74) is 1.09. The minimum Gasteiger partial charge on any atom is -0.368 e. The Hall–Kier alpha value is -3.26. The topological polar surface area (TPSA) is 85.2 Å². The van der Waals surface area contributed by atoms with Crippen LogP contribution in [0.25, 0.3) is 5.69 Å². The number of para-hydroxylation sites is 1. The molecule has 8 nitrogen and oxygen atoms in total. The van der Waals surface area contributed by atoms with Crippen molar-refractivity contribution in [2.75, 3.05) is 25.1 Å². The van der Waals surface area contributed by atoms with E-state index in [1.54, 1.807) is 31.9 Å². The second-order valence-electron chi connectivity index (χ2n) is 7.45. The lowest BCUT2D eigenvalue weighted by Gasteiger charge is -2.40. The molecule has 1 N–H and O–H groups in total. The maximum absolute atomic E-state index is 13.3. The third-order valence-corrected chi connectivity index (χ3v) is 5.75. The number of hydrogen-bond donors (Lipinski definition) is 1. The smallest absolute Gasteiger partial charge is 0.252 e. The highest BCUT2D eigenvalue weighted by Crippen LogP contribution is 2.30. The molecule has 3 aromatic rings. The Labute approximate surface area is 175 Å². The van der Waals surface area contributed by atoms with E-state index in [2.05, 4.69) is 25.3 Å². The predicted molar refractivity (Wildman–Crippen MR) is 113 cm³/mol. The van der Waals surface area contributed by atoms with Crippen molar-refractivity contribution in [3.8, 4) is 5.69 Å². The lowest BCUT2D eigenvalue weighted by molar-refractivity contribution is -0.146. The van der Waals surface area contributed by atoms with Gasteiger partial charge in [-0.05, 0) is 24.6 Å². The molecule has 1 unspecified atom stereocenters. The third kappa shape index (κ3) is 3.91. The summed E-state index contributed by atoms with van der Waals surface area (Å²) in [5.74, 6) is 0.732. The van der Waals surface area contributed by atoms with E-state index in [1.165, 1.54) is 0 Å². The summed E-state index contributed by atoms with van der Waals surface area (Å²) in [6, 6.07) is 9.63. The fourth-order valence-electron chi connectivity index (χ4n) is 3.95. The SMILES string of the molecule is COC1(C(=O)NC(C)c2ccccc2-n2cccn2)CCN(c2cnccn2)CC1. The average Bonchev–Trinajstić information content (AvgIpc) is 3.34. The number of rotatable bonds is 6. The number of anilines is 1. The van der Waals surface area contributed by atoms with Gasteiger partial charge in [-0.3, -0.25) is 9.78 Å². The summed E-state index contributed by atoms with van der Waals surface area (Å²) in [5, 5.41) is 7.49. The number of nitrogens with zero attached hydrogens (tertiary/aromatic N) is 5. The number of carbonyl (C=O) groups excluding carboxylic acids is 1. The standard InChI is InChI=1S/C22H26N6O2/c1-17(18-6-3-4-7-19(18)28-13-5-10-25-28)26-21(29)22(30-2)8-14-27(15-9-22)20-16-23-11-12-24-20/h3-7,10-13,16-17H,8-9,14-15H2,1-2H3,(H,26,29). The number of ether oxygens (including phenoxy) is 1. The van der Waals surface area contributed by atoms with Crippen LogP contribution in [0, 0.1) is 0 Å². The van der Waals surface area contributed by atoms with Crippen LogP contribution in [0.5, 0.6) is 0 Å². The van der Waals surface area contributed by atoms with E-state index in [0.29, 0.717) is 25.9 Å². The Kier molecular flexibility index (Phi) is 5.76. The highest BCUT2D eigenvalue weighted by atomic mass is 16.5. The monoisotopic (exact) mass is 406 g/mol. The summed E-state index contributed by atoms with van der Waals surface area (Å²) in [6.07, 6.45) is 9.88. The molecular formula is C22H26N6O2. The van der Waals surface area contributed by atoms with Gasteiger partial charge in [0, 0.05) is 57.8 Å². The number of aromatic nitrogens is 4. The molecule has 8 heteroatoms. The van der Waals surface area contributed by atoms with Crippen LogP contribution in [0.1, 0.15) is 31.4 Å². The summed E-state index contributed by atoms with van der Waals surface area (Å²) < 4.78 is 7.58. The molecule has 0 bridgehead atoms. The second-order valence-corrected chi connectivity index (χ2v) is 7.45. The van der Waals surface area contributed by atoms with Crippen LogP contribution in [0.4, 0.5) is 5.82 Å². The van der Waals surface area contributed by atoms with Crippen LogP contribution in [0.15, 0.2) is 61.3 Å². The van der Waals surface area contributed by atoms with Crippen LogP contribution in [0.3, 0.4) is 0 Å². The lowest BCUT2D eigenvalue weighted by atomic mass is 9.89. The highest BCUT2D eigenvalue weighted by Gasteiger charge is 2.42. The molecule has 3 heterocycles. The van der Waals surface area contributed by atoms with Crippen molar-refractivity contribution in [2.24, 2.45) is 0 Å². The number of piperidine rings is 1. The zero-order valence-corrected chi connectivity index (χ0v) is 17.2. The minimum atomic E-state index is -0.854. The normalized spacial score (nSPS) is 16.8. The first-order valence-corrected chi connectivity index (χ1v) is 10.1. The Morgan fingerprint density at radius 3 is 2.63 bits per heavy atom. The minimum absolute atomic E-state index is 0.0911. The first-order chi connectivity index (χ1) is 14.6. The van der Waals surface area contributed by atoms with Gasteiger partial charge in [-0.2, -0.15) is 5.10 Å². The largest absolute Gasteiger partial charge is 0.368 e. The van der Waals surface area contributed by atoms with Crippen LogP contribution in [0.2, 0.25) is 0 Å². The van der Waals surface area contributed by atoms with E-state index in [0.717, 1.165) is 17.1 Å². The maximum Gasteiger partial charge on any atom is 0.252 e. The van der Waals surface area contributed by atoms with E-state index < -0.39 is 5.60 Å². The van der Waals surface area contributed by atoms with Gasteiger partial charge >= 0.3 is 0 Å². The molecular weight excluding hydrogens is 380 g/mol. The van der Waals surface area contributed by atoms with E-state index in [-0.39, 0.29) is 11.9 Å². The molecule has 1 aliphatic rings. The quantitative estimate of drug-likeness (QED) is 0.677. The maximum atomic E-state index is 13.3. The Morgan fingerprint density at radius 1 is 1.17 bits per heavy atom. The van der Waals surface area contributed by atoms with Gasteiger partial charge in [0.05, 0.1) is 17.9 Å². The van der Waals surface area contributed by atoms with Gasteiger partial charge in [0.25, 0.3) is 5.91 Å². The van der Waals surface area contributed by atoms with Crippen molar-refractivity contribution in [3.63, 3.8) is 0 Å². The number of carbonyl (C=O) groups is 1. The first-order valence-electron chi connectivity index (χ1n) is 10.1. The molecule has 0 aliphatic carbocycles. The van der Waals surface area contributed by atoms with Gasteiger partial charge in [-0.1, -0.05) is 18.2 Å². The number of amides is 1. The van der Waals surface area contributed by atoms with Gasteiger partial charge in [-0.25, -0.2) is 9.67 Å². The first kappa shape index (κ1) is 20.0. The summed E-state index contributed by atoms with van der Waals surface area (Å²) in [4.78, 5) is 23.9. The molecule has 0 spiro atoms. The zero-order valence-electron chi connectivity index (χ0n) is 17.2. The van der Waals surface area contributed by atoms with Crippen LogP contribution < -0.4 is 10.2 Å². The lowest BCUT2D eigenvalue weighted by Crippen LogP contribution is -2.55. The molecule has 4 rings (SSSR count). The number of hydrogen-bond acceptors (Lipinski definition) is 6. The summed E-state index contributed by atoms with van der Waals surface area (Å²) >= 11 is 0. The number of benzene rings is 1. The van der Waals surface area contributed by atoms with E-state index in [4.69, 9.17) is 4.74 Å². The summed E-state index contributed by atoms with van der Waals surface area (Å²) in [6.45, 7) is 3.34. The molecule has 2 aromatic heterocycles. The third-order valence-electron chi connectivity index (χ3n) is 5.75. The van der Waals surface area contributed by atoms with E-state index in [9.17, 15) is 4.79 Å². The molecule has 1 aliphatic heterocycles. The van der Waals surface area contributed by atoms with Crippen molar-refractivity contribution in [1.29, 1.82) is 0 Å². The molecule has 1 atom stereocenters. The number of nitrogens with one attached hydrogen (secondary N) is 1. The van der Waals surface area contributed by atoms with Crippen molar-refractivity contribution in [3.05, 3.63) is 66.9 Å². The number of methoxy groups -OCH3 is 1. The van der Waals surface area contributed by atoms with Crippen LogP contribution in [-0.4, -0.2) is 51.5 Å². The fourth-order valence-corrected chi connectivity index (χ4v) is 3.95. The van der Waals surface area contributed by atoms with E-state index >= 15 is 0 Å². The fraction of sp³-hybridized carbons (Fsp3) is 0.364. The average molecular weight is 406 g/mol. The van der Waals surface area contributed by atoms with Crippen molar-refractivity contribution in [2.45, 2.75) is 31.4 Å². The molecule has 1 saturated heterocycles. The van der Waals surface area contributed by atoms with Gasteiger partial charge in [0.1, 0.15) is 11.4 Å². The molecule has 0 saturated carbocycles. The molecule has 1 aromatic carbocycles. The Balaban J connectivity index is 1.47. The predicted octanol–water partition coefficient (Wildman–Crippen LogP) is 2.53. The van der Waals surface area contributed by atoms with Gasteiger partial charge < -0.3 is 15.0 Å². The summed E-state index contributed by atoms with van der Waals surface area (Å²) in [7, 11) is 1.61. The van der Waals surface area contributed by atoms with Gasteiger partial charge in [0.2, 0.25) is 0 Å². The molecule has 0 radical (unpaired) electrons. The molecule has 1 amide bonds. The van der Waals surface area contributed by atoms with Crippen molar-refractivity contribution < 1.29 is 9.53 Å². The highest BCUT2D eigenvalue weighted by molar-refractivity contribution is 5.86. The van der Waals surface area contributed by atoms with Crippen LogP contribution in [-0.2, 0) is 9.53 Å². The Bertz CT molecular complexity index is 968. The second kappa shape index (κ2) is 8.62. The van der Waals surface area contributed by atoms with Crippen LogP contribution >= 0.6 is 0 Å². The van der Waals surface area contributed by atoms with Gasteiger partial charge in [0.15, 0.2) is 0 Å². The Morgan fingerprint density at radius 2 is 1.97 bits per heavy atom. The van der Waals surface area contributed by atoms with Crippen molar-refractivity contribution >= 4 is 11.7 Å². The molecule has 156 valence electrons.